The molecule has 1 N–H and O–H groups in total. The second kappa shape index (κ2) is 3.66. The first-order valence-electron chi connectivity index (χ1n) is 3.83. The van der Waals surface area contributed by atoms with E-state index in [1.807, 2.05) is 0 Å². The number of nitrogens with zero attached hydrogens (tertiary/aromatic N) is 1. The van der Waals surface area contributed by atoms with Crippen molar-refractivity contribution < 1.29 is 5.11 Å². The lowest BCUT2D eigenvalue weighted by Gasteiger charge is -2.03. The van der Waals surface area contributed by atoms with E-state index < -0.39 is 0 Å². The largest absolute Gasteiger partial charge is 0.393 e. The van der Waals surface area contributed by atoms with Crippen molar-refractivity contribution in [2.75, 3.05) is 0 Å². The molecule has 0 saturated heterocycles. The number of rotatable bonds is 1. The molecule has 1 rings (SSSR count). The molecule has 58 valence electrons. The zero-order valence-electron chi connectivity index (χ0n) is 5.99. The van der Waals surface area contributed by atoms with Crippen LogP contribution in [-0.2, 0) is 0 Å². The molecule has 0 aliphatic heterocycles. The number of hydrogen-bond donors (Lipinski definition) is 1. The Bertz CT molecular complexity index is 116. The molecule has 0 heterocycles. The minimum atomic E-state index is -0.188. The van der Waals surface area contributed by atoms with Crippen LogP contribution in [0.2, 0.25) is 0 Å². The van der Waals surface area contributed by atoms with Gasteiger partial charge in [0.05, 0.1) is 12.1 Å². The predicted molar refractivity (Wildman–Crippen MR) is 38.7 cm³/mol. The monoisotopic (exact) mass is 143 g/mol. The van der Waals surface area contributed by atoms with Gasteiger partial charge < -0.3 is 5.11 Å². The van der Waals surface area contributed by atoms with Gasteiger partial charge in [0.15, 0.2) is 0 Å². The number of hydrogen-bond acceptors (Lipinski definition) is 3. The Morgan fingerprint density at radius 1 is 1.20 bits per heavy atom. The van der Waals surface area contributed by atoms with Crippen molar-refractivity contribution in [3.05, 3.63) is 4.91 Å². The Morgan fingerprint density at radius 2 is 2.00 bits per heavy atom. The standard InChI is InChI=1S/C7H13NO2/c9-7-3-1-2-6(8-10)4-5-7/h6-7,9H,1-5H2/t6?,7-/m1/s1. The van der Waals surface area contributed by atoms with E-state index in [0.29, 0.717) is 0 Å². The van der Waals surface area contributed by atoms with Gasteiger partial charge in [-0.1, -0.05) is 5.18 Å². The first-order chi connectivity index (χ1) is 4.83. The van der Waals surface area contributed by atoms with Gasteiger partial charge in [0.25, 0.3) is 0 Å². The van der Waals surface area contributed by atoms with E-state index in [-0.39, 0.29) is 12.1 Å². The zero-order chi connectivity index (χ0) is 7.40. The molecule has 0 radical (unpaired) electrons. The highest BCUT2D eigenvalue weighted by Crippen LogP contribution is 2.19. The van der Waals surface area contributed by atoms with Crippen LogP contribution in [0.1, 0.15) is 32.1 Å². The Morgan fingerprint density at radius 3 is 2.70 bits per heavy atom. The Balaban J connectivity index is 2.32. The fourth-order valence-corrected chi connectivity index (χ4v) is 1.37. The molecule has 3 nitrogen and oxygen atoms in total. The lowest BCUT2D eigenvalue weighted by Crippen LogP contribution is -2.04. The molecule has 2 atom stereocenters. The van der Waals surface area contributed by atoms with Gasteiger partial charge in [-0.05, 0) is 32.1 Å². The van der Waals surface area contributed by atoms with Crippen LogP contribution in [0.4, 0.5) is 0 Å². The molecule has 1 unspecified atom stereocenters. The Hall–Kier alpha value is -0.440. The highest BCUT2D eigenvalue weighted by Gasteiger charge is 2.16. The fraction of sp³-hybridized carbons (Fsp3) is 1.00. The maximum atomic E-state index is 10.1. The Labute approximate surface area is 60.4 Å². The topological polar surface area (TPSA) is 49.7 Å². The van der Waals surface area contributed by atoms with Crippen molar-refractivity contribution in [1.29, 1.82) is 0 Å². The van der Waals surface area contributed by atoms with Crippen molar-refractivity contribution >= 4 is 0 Å². The summed E-state index contributed by atoms with van der Waals surface area (Å²) in [5, 5.41) is 12.1. The van der Waals surface area contributed by atoms with Crippen LogP contribution in [0.25, 0.3) is 0 Å². The summed E-state index contributed by atoms with van der Waals surface area (Å²) in [6.07, 6.45) is 3.97. The maximum absolute atomic E-state index is 10.1. The van der Waals surface area contributed by atoms with E-state index in [1.165, 1.54) is 0 Å². The lowest BCUT2D eigenvalue weighted by molar-refractivity contribution is 0.157. The van der Waals surface area contributed by atoms with Crippen LogP contribution in [0.3, 0.4) is 0 Å². The molecule has 1 aliphatic rings. The minimum Gasteiger partial charge on any atom is -0.393 e. The summed E-state index contributed by atoms with van der Waals surface area (Å²) >= 11 is 0. The highest BCUT2D eigenvalue weighted by atomic mass is 16.3. The Kier molecular flexibility index (Phi) is 2.81. The van der Waals surface area contributed by atoms with Crippen LogP contribution in [-0.4, -0.2) is 17.3 Å². The van der Waals surface area contributed by atoms with Crippen molar-refractivity contribution in [2.24, 2.45) is 5.18 Å². The van der Waals surface area contributed by atoms with Crippen LogP contribution in [0, 0.1) is 4.91 Å². The molecular weight excluding hydrogens is 130 g/mol. The normalized spacial score (nSPS) is 34.9. The molecule has 1 fully saturated rings. The summed E-state index contributed by atoms with van der Waals surface area (Å²) < 4.78 is 0. The van der Waals surface area contributed by atoms with E-state index in [1.54, 1.807) is 0 Å². The quantitative estimate of drug-likeness (QED) is 0.446. The first-order valence-corrected chi connectivity index (χ1v) is 3.83. The lowest BCUT2D eigenvalue weighted by atomic mass is 10.1. The van der Waals surface area contributed by atoms with Crippen LogP contribution < -0.4 is 0 Å². The molecule has 0 aromatic rings. The molecule has 0 bridgehead atoms. The summed E-state index contributed by atoms with van der Waals surface area (Å²) in [7, 11) is 0. The van der Waals surface area contributed by atoms with Gasteiger partial charge in [0, 0.05) is 0 Å². The molecule has 3 heteroatoms. The van der Waals surface area contributed by atoms with Gasteiger partial charge in [-0.25, -0.2) is 0 Å². The molecule has 0 spiro atoms. The third kappa shape index (κ3) is 2.06. The average Bonchev–Trinajstić information content (AvgIpc) is 2.14. The van der Waals surface area contributed by atoms with Crippen molar-refractivity contribution in [1.82, 2.24) is 0 Å². The van der Waals surface area contributed by atoms with Crippen LogP contribution in [0.15, 0.2) is 5.18 Å². The number of nitroso groups, excluding NO2 is 1. The van der Waals surface area contributed by atoms with Crippen LogP contribution >= 0.6 is 0 Å². The van der Waals surface area contributed by atoms with E-state index in [4.69, 9.17) is 5.11 Å². The SMILES string of the molecule is O=NC1CCC[C@@H](O)CC1. The van der Waals surface area contributed by atoms with E-state index in [2.05, 4.69) is 5.18 Å². The molecule has 0 aromatic heterocycles. The minimum absolute atomic E-state index is 0.0304. The van der Waals surface area contributed by atoms with E-state index in [9.17, 15) is 4.91 Å². The average molecular weight is 143 g/mol. The number of aliphatic hydroxyl groups is 1. The molecule has 1 aliphatic carbocycles. The zero-order valence-corrected chi connectivity index (χ0v) is 5.99. The van der Waals surface area contributed by atoms with Gasteiger partial charge in [-0.15, -0.1) is 0 Å². The van der Waals surface area contributed by atoms with Gasteiger partial charge in [0.2, 0.25) is 0 Å². The summed E-state index contributed by atoms with van der Waals surface area (Å²) in [6.45, 7) is 0. The van der Waals surface area contributed by atoms with Crippen molar-refractivity contribution in [3.8, 4) is 0 Å². The van der Waals surface area contributed by atoms with Crippen molar-refractivity contribution in [3.63, 3.8) is 0 Å². The summed E-state index contributed by atoms with van der Waals surface area (Å²) in [5.41, 5.74) is 0. The third-order valence-electron chi connectivity index (χ3n) is 2.06. The smallest absolute Gasteiger partial charge is 0.0920 e. The molecule has 1 saturated carbocycles. The number of aliphatic hydroxyl groups excluding tert-OH is 1. The predicted octanol–water partition coefficient (Wildman–Crippen LogP) is 1.45. The summed E-state index contributed by atoms with van der Waals surface area (Å²) in [5.74, 6) is 0. The summed E-state index contributed by atoms with van der Waals surface area (Å²) in [6, 6.07) is -0.0304. The molecule has 0 aromatic carbocycles. The van der Waals surface area contributed by atoms with Gasteiger partial charge in [-0.3, -0.25) is 0 Å². The highest BCUT2D eigenvalue weighted by molar-refractivity contribution is 4.73. The second-order valence-corrected chi connectivity index (χ2v) is 2.92. The van der Waals surface area contributed by atoms with E-state index in [0.717, 1.165) is 32.1 Å². The maximum Gasteiger partial charge on any atom is 0.0920 e. The molecular formula is C7H13NO2. The van der Waals surface area contributed by atoms with Gasteiger partial charge in [0.1, 0.15) is 0 Å². The fourth-order valence-electron chi connectivity index (χ4n) is 1.37. The molecule has 0 amide bonds. The molecule has 10 heavy (non-hydrogen) atoms. The van der Waals surface area contributed by atoms with Crippen molar-refractivity contribution in [2.45, 2.75) is 44.2 Å². The third-order valence-corrected chi connectivity index (χ3v) is 2.06. The van der Waals surface area contributed by atoms with Gasteiger partial charge in [-0.2, -0.15) is 4.91 Å². The van der Waals surface area contributed by atoms with Crippen LogP contribution in [0.5, 0.6) is 0 Å². The summed E-state index contributed by atoms with van der Waals surface area (Å²) in [4.78, 5) is 10.1. The first kappa shape index (κ1) is 7.66. The second-order valence-electron chi connectivity index (χ2n) is 2.92. The van der Waals surface area contributed by atoms with E-state index >= 15 is 0 Å². The van der Waals surface area contributed by atoms with Gasteiger partial charge >= 0.3 is 0 Å².